The number of benzene rings is 3. The molecule has 1 N–H and O–H groups in total. The number of carbonyl (C=O) groups is 2. The Hall–Kier alpha value is -4.12. The first-order valence-electron chi connectivity index (χ1n) is 13.4. The third-order valence-electron chi connectivity index (χ3n) is 7.54. The fourth-order valence-corrected chi connectivity index (χ4v) is 5.39. The third kappa shape index (κ3) is 6.51. The van der Waals surface area contributed by atoms with E-state index in [1.54, 1.807) is 30.5 Å². The van der Waals surface area contributed by atoms with Gasteiger partial charge in [-0.15, -0.1) is 0 Å². The molecule has 0 unspecified atom stereocenters. The fourth-order valence-electron chi connectivity index (χ4n) is 5.39. The van der Waals surface area contributed by atoms with Gasteiger partial charge in [-0.2, -0.15) is 26.3 Å². The standard InChI is InChI=1S/C31H27F6N3O2/c32-30(33,34)23-14-21(15-24(17-23)31(35,36)37)29(42)40-13-12-39(11-10-28(41)20-6-2-1-3-7-20)19-25(40)16-22-18-38-27-9-5-4-8-26(22)27/h1-9,14-15,17-18,25,38H,10-13,16,19H2/t25-/m1/s1. The molecule has 11 heteroatoms. The van der Waals surface area contributed by atoms with Gasteiger partial charge in [0.25, 0.3) is 5.91 Å². The minimum atomic E-state index is -5.07. The van der Waals surface area contributed by atoms with E-state index >= 15 is 0 Å². The van der Waals surface area contributed by atoms with Crippen LogP contribution in [0.25, 0.3) is 10.9 Å². The number of carbonyl (C=O) groups excluding carboxylic acids is 2. The first-order valence-corrected chi connectivity index (χ1v) is 13.4. The molecule has 1 aliphatic heterocycles. The van der Waals surface area contributed by atoms with Crippen LogP contribution in [0.3, 0.4) is 0 Å². The van der Waals surface area contributed by atoms with Crippen molar-refractivity contribution in [1.29, 1.82) is 0 Å². The van der Waals surface area contributed by atoms with Crippen LogP contribution < -0.4 is 0 Å². The average Bonchev–Trinajstić information content (AvgIpc) is 3.37. The number of hydrogen-bond donors (Lipinski definition) is 1. The number of ketones is 1. The van der Waals surface area contributed by atoms with E-state index in [0.717, 1.165) is 16.5 Å². The molecule has 0 aliphatic carbocycles. The number of H-pyrrole nitrogens is 1. The lowest BCUT2D eigenvalue weighted by Crippen LogP contribution is -2.56. The fraction of sp³-hybridized carbons (Fsp3) is 0.290. The molecule has 220 valence electrons. The van der Waals surface area contributed by atoms with Gasteiger partial charge in [0.15, 0.2) is 5.78 Å². The number of hydrogen-bond acceptors (Lipinski definition) is 3. The Morgan fingerprint density at radius 3 is 2.12 bits per heavy atom. The number of aromatic amines is 1. The van der Waals surface area contributed by atoms with Crippen molar-refractivity contribution in [2.45, 2.75) is 31.2 Å². The number of nitrogens with one attached hydrogen (secondary N) is 1. The van der Waals surface area contributed by atoms with Crippen LogP contribution in [0.4, 0.5) is 26.3 Å². The Morgan fingerprint density at radius 1 is 0.810 bits per heavy atom. The molecule has 1 aliphatic rings. The monoisotopic (exact) mass is 587 g/mol. The Morgan fingerprint density at radius 2 is 1.45 bits per heavy atom. The quantitative estimate of drug-likeness (QED) is 0.190. The average molecular weight is 588 g/mol. The van der Waals surface area contributed by atoms with E-state index in [9.17, 15) is 35.9 Å². The SMILES string of the molecule is O=C(CCN1CCN(C(=O)c2cc(C(F)(F)F)cc(C(F)(F)F)c2)[C@H](Cc2c[nH]c3ccccc23)C1)c1ccccc1. The second-order valence-electron chi connectivity index (χ2n) is 10.4. The second-order valence-corrected chi connectivity index (χ2v) is 10.4. The molecule has 0 bridgehead atoms. The van der Waals surface area contributed by atoms with Crippen molar-refractivity contribution in [2.75, 3.05) is 26.2 Å². The molecule has 1 saturated heterocycles. The number of para-hydroxylation sites is 1. The van der Waals surface area contributed by atoms with E-state index in [4.69, 9.17) is 0 Å². The summed E-state index contributed by atoms with van der Waals surface area (Å²) in [5.74, 6) is -0.956. The maximum Gasteiger partial charge on any atom is 0.416 e. The second kappa shape index (κ2) is 11.6. The van der Waals surface area contributed by atoms with Gasteiger partial charge in [-0.3, -0.25) is 14.5 Å². The topological polar surface area (TPSA) is 56.4 Å². The van der Waals surface area contributed by atoms with Crippen LogP contribution in [0.15, 0.2) is 79.0 Å². The zero-order valence-corrected chi connectivity index (χ0v) is 22.3. The van der Waals surface area contributed by atoms with Crippen molar-refractivity contribution in [3.05, 3.63) is 107 Å². The number of fused-ring (bicyclic) bond motifs is 1. The van der Waals surface area contributed by atoms with Gasteiger partial charge < -0.3 is 9.88 Å². The van der Waals surface area contributed by atoms with Gasteiger partial charge in [0, 0.05) is 66.9 Å². The summed E-state index contributed by atoms with van der Waals surface area (Å²) < 4.78 is 81.1. The van der Waals surface area contributed by atoms with E-state index in [2.05, 4.69) is 4.98 Å². The van der Waals surface area contributed by atoms with Gasteiger partial charge in [-0.1, -0.05) is 48.5 Å². The zero-order chi connectivity index (χ0) is 30.1. The highest BCUT2D eigenvalue weighted by Crippen LogP contribution is 2.37. The van der Waals surface area contributed by atoms with Crippen LogP contribution in [-0.2, 0) is 18.8 Å². The minimum Gasteiger partial charge on any atom is -0.361 e. The Kier molecular flexibility index (Phi) is 8.14. The summed E-state index contributed by atoms with van der Waals surface area (Å²) in [5.41, 5.74) is -1.45. The highest BCUT2D eigenvalue weighted by atomic mass is 19.4. The molecule has 1 fully saturated rings. The van der Waals surface area contributed by atoms with Crippen LogP contribution in [0.5, 0.6) is 0 Å². The van der Waals surface area contributed by atoms with Crippen molar-refractivity contribution in [3.63, 3.8) is 0 Å². The number of halogens is 6. The van der Waals surface area contributed by atoms with E-state index < -0.39 is 41.0 Å². The maximum atomic E-state index is 13.6. The molecule has 5 nitrogen and oxygen atoms in total. The van der Waals surface area contributed by atoms with Crippen molar-refractivity contribution in [1.82, 2.24) is 14.8 Å². The van der Waals surface area contributed by atoms with Crippen molar-refractivity contribution in [3.8, 4) is 0 Å². The number of amides is 1. The van der Waals surface area contributed by atoms with Crippen LogP contribution >= 0.6 is 0 Å². The predicted molar refractivity (Wildman–Crippen MR) is 145 cm³/mol. The van der Waals surface area contributed by atoms with Crippen molar-refractivity contribution in [2.24, 2.45) is 0 Å². The lowest BCUT2D eigenvalue weighted by molar-refractivity contribution is -0.143. The molecule has 2 heterocycles. The Bertz CT molecular complexity index is 1550. The van der Waals surface area contributed by atoms with Gasteiger partial charge in [0.2, 0.25) is 0 Å². The summed E-state index contributed by atoms with van der Waals surface area (Å²) in [6.45, 7) is 1.06. The van der Waals surface area contributed by atoms with Gasteiger partial charge in [0.05, 0.1) is 11.1 Å². The molecule has 1 atom stereocenters. The molecule has 3 aromatic carbocycles. The molecule has 0 radical (unpaired) electrons. The molecule has 1 aromatic heterocycles. The Labute approximate surface area is 237 Å². The van der Waals surface area contributed by atoms with Crippen LogP contribution in [0, 0.1) is 0 Å². The summed E-state index contributed by atoms with van der Waals surface area (Å²) in [6, 6.07) is 16.7. The number of rotatable bonds is 7. The molecule has 42 heavy (non-hydrogen) atoms. The molecule has 0 spiro atoms. The van der Waals surface area contributed by atoms with Crippen molar-refractivity contribution < 1.29 is 35.9 Å². The molecule has 0 saturated carbocycles. The van der Waals surface area contributed by atoms with E-state index in [0.29, 0.717) is 43.8 Å². The number of Topliss-reactive ketones (excluding diaryl/α,β-unsaturated/α-hetero) is 1. The summed E-state index contributed by atoms with van der Waals surface area (Å²) in [6.07, 6.45) is -7.81. The van der Waals surface area contributed by atoms with Gasteiger partial charge in [-0.05, 0) is 36.2 Å². The minimum absolute atomic E-state index is 0.0158. The van der Waals surface area contributed by atoms with Crippen LogP contribution in [0.1, 0.15) is 43.8 Å². The number of piperazine rings is 1. The van der Waals surface area contributed by atoms with Crippen LogP contribution in [0.2, 0.25) is 0 Å². The molecule has 1 amide bonds. The Balaban J connectivity index is 1.43. The van der Waals surface area contributed by atoms with E-state index in [1.165, 1.54) is 4.90 Å². The number of nitrogens with zero attached hydrogens (tertiary/aromatic N) is 2. The third-order valence-corrected chi connectivity index (χ3v) is 7.54. The van der Waals surface area contributed by atoms with E-state index in [1.807, 2.05) is 35.2 Å². The summed E-state index contributed by atoms with van der Waals surface area (Å²) in [4.78, 5) is 32.8. The van der Waals surface area contributed by atoms with E-state index in [-0.39, 0.29) is 24.8 Å². The highest BCUT2D eigenvalue weighted by molar-refractivity contribution is 5.96. The van der Waals surface area contributed by atoms with Crippen molar-refractivity contribution >= 4 is 22.6 Å². The smallest absolute Gasteiger partial charge is 0.361 e. The maximum absolute atomic E-state index is 13.6. The lowest BCUT2D eigenvalue weighted by Gasteiger charge is -2.41. The molecule has 4 aromatic rings. The van der Waals surface area contributed by atoms with Crippen LogP contribution in [-0.4, -0.2) is 58.7 Å². The lowest BCUT2D eigenvalue weighted by atomic mass is 9.98. The normalized spacial score (nSPS) is 16.6. The predicted octanol–water partition coefficient (Wildman–Crippen LogP) is 6.85. The highest BCUT2D eigenvalue weighted by Gasteiger charge is 2.39. The van der Waals surface area contributed by atoms with Gasteiger partial charge in [0.1, 0.15) is 0 Å². The molecule has 5 rings (SSSR count). The molecular formula is C31H27F6N3O2. The largest absolute Gasteiger partial charge is 0.416 e. The van der Waals surface area contributed by atoms with Gasteiger partial charge in [-0.25, -0.2) is 0 Å². The molecular weight excluding hydrogens is 560 g/mol. The number of aromatic nitrogens is 1. The first-order chi connectivity index (χ1) is 19.9. The van der Waals surface area contributed by atoms with Gasteiger partial charge >= 0.3 is 12.4 Å². The summed E-state index contributed by atoms with van der Waals surface area (Å²) in [7, 11) is 0. The summed E-state index contributed by atoms with van der Waals surface area (Å²) in [5, 5.41) is 0.903. The first kappa shape index (κ1) is 29.4. The zero-order valence-electron chi connectivity index (χ0n) is 22.3. The number of alkyl halides is 6. The summed E-state index contributed by atoms with van der Waals surface area (Å²) >= 11 is 0.